The first-order valence-electron chi connectivity index (χ1n) is 5.32. The van der Waals surface area contributed by atoms with Crippen molar-refractivity contribution >= 4 is 16.9 Å². The summed E-state index contributed by atoms with van der Waals surface area (Å²) in [7, 11) is -1.36. The number of nitrogens with one attached hydrogen (secondary N) is 2. The van der Waals surface area contributed by atoms with Gasteiger partial charge in [0.15, 0.2) is 0 Å². The Morgan fingerprint density at radius 3 is 2.59 bits per heavy atom. The Morgan fingerprint density at radius 1 is 1.35 bits per heavy atom. The lowest BCUT2D eigenvalue weighted by atomic mass is 10.2. The molecule has 1 unspecified atom stereocenters. The predicted octanol–water partition coefficient (Wildman–Crippen LogP) is -0.318. The standard InChI is InChI=1S/C11H17N3O2S/c1-9-2-4-10(5-3-9)17(16)14-8-11(15)13-7-6-12/h2-5,14H,6-8,12H2,1H3,(H,13,15). The van der Waals surface area contributed by atoms with Crippen LogP contribution in [0.2, 0.25) is 0 Å². The minimum Gasteiger partial charge on any atom is -0.354 e. The zero-order valence-electron chi connectivity index (χ0n) is 9.73. The highest BCUT2D eigenvalue weighted by atomic mass is 32.2. The second-order valence-corrected chi connectivity index (χ2v) is 4.84. The Morgan fingerprint density at radius 2 is 2.00 bits per heavy atom. The summed E-state index contributed by atoms with van der Waals surface area (Å²) in [5.41, 5.74) is 6.35. The summed E-state index contributed by atoms with van der Waals surface area (Å²) in [5.74, 6) is -0.212. The van der Waals surface area contributed by atoms with E-state index in [-0.39, 0.29) is 12.5 Å². The molecule has 0 aliphatic carbocycles. The highest BCUT2D eigenvalue weighted by Gasteiger charge is 2.05. The van der Waals surface area contributed by atoms with Crippen molar-refractivity contribution in [1.82, 2.24) is 10.0 Å². The Kier molecular flexibility index (Phi) is 5.82. The molecule has 1 aromatic carbocycles. The molecule has 0 aliphatic rings. The summed E-state index contributed by atoms with van der Waals surface area (Å²) in [6, 6.07) is 7.30. The average Bonchev–Trinajstić information content (AvgIpc) is 2.34. The molecule has 5 nitrogen and oxygen atoms in total. The molecule has 1 rings (SSSR count). The van der Waals surface area contributed by atoms with Crippen molar-refractivity contribution in [1.29, 1.82) is 0 Å². The number of carbonyl (C=O) groups excluding carboxylic acids is 1. The fraction of sp³-hybridized carbons (Fsp3) is 0.364. The van der Waals surface area contributed by atoms with Crippen molar-refractivity contribution in [2.24, 2.45) is 5.73 Å². The van der Waals surface area contributed by atoms with E-state index in [1.54, 1.807) is 12.1 Å². The molecule has 0 radical (unpaired) electrons. The van der Waals surface area contributed by atoms with Gasteiger partial charge in [0.2, 0.25) is 5.91 Å². The third kappa shape index (κ3) is 5.08. The molecule has 0 saturated carbocycles. The molecular weight excluding hydrogens is 238 g/mol. The van der Waals surface area contributed by atoms with E-state index in [1.165, 1.54) is 0 Å². The van der Waals surface area contributed by atoms with Crippen LogP contribution in [0.5, 0.6) is 0 Å². The molecular formula is C11H17N3O2S. The highest BCUT2D eigenvalue weighted by molar-refractivity contribution is 7.83. The summed E-state index contributed by atoms with van der Waals surface area (Å²) in [5, 5.41) is 2.59. The number of hydrogen-bond acceptors (Lipinski definition) is 3. The first-order valence-corrected chi connectivity index (χ1v) is 6.47. The van der Waals surface area contributed by atoms with E-state index in [0.29, 0.717) is 18.0 Å². The second-order valence-electron chi connectivity index (χ2n) is 3.54. The van der Waals surface area contributed by atoms with Gasteiger partial charge in [-0.3, -0.25) is 4.79 Å². The Labute approximate surface area is 103 Å². The number of benzene rings is 1. The first-order chi connectivity index (χ1) is 8.13. The summed E-state index contributed by atoms with van der Waals surface area (Å²) < 4.78 is 14.4. The van der Waals surface area contributed by atoms with Crippen molar-refractivity contribution in [3.8, 4) is 0 Å². The quantitative estimate of drug-likeness (QED) is 0.651. The third-order valence-corrected chi connectivity index (χ3v) is 3.17. The molecule has 0 fully saturated rings. The second kappa shape index (κ2) is 7.16. The molecule has 6 heteroatoms. The molecule has 94 valence electrons. The Hall–Kier alpha value is -1.24. The molecule has 1 atom stereocenters. The molecule has 0 spiro atoms. The van der Waals surface area contributed by atoms with Crippen LogP contribution in [0.3, 0.4) is 0 Å². The molecule has 0 aromatic heterocycles. The lowest BCUT2D eigenvalue weighted by Gasteiger charge is -2.05. The summed E-state index contributed by atoms with van der Waals surface area (Å²) in [6.07, 6.45) is 0. The molecule has 0 saturated heterocycles. The minimum absolute atomic E-state index is 0.0144. The van der Waals surface area contributed by atoms with Crippen LogP contribution in [0.4, 0.5) is 0 Å². The molecule has 4 N–H and O–H groups in total. The maximum Gasteiger partial charge on any atom is 0.235 e. The Balaban J connectivity index is 2.39. The fourth-order valence-electron chi connectivity index (χ4n) is 1.15. The number of carbonyl (C=O) groups is 1. The third-order valence-electron chi connectivity index (χ3n) is 2.07. The van der Waals surface area contributed by atoms with Gasteiger partial charge in [0.05, 0.1) is 11.4 Å². The van der Waals surface area contributed by atoms with E-state index in [1.807, 2.05) is 19.1 Å². The zero-order chi connectivity index (χ0) is 12.7. The van der Waals surface area contributed by atoms with Gasteiger partial charge in [-0.2, -0.15) is 0 Å². The van der Waals surface area contributed by atoms with Crippen LogP contribution < -0.4 is 15.8 Å². The molecule has 0 bridgehead atoms. The van der Waals surface area contributed by atoms with Crippen molar-refractivity contribution in [3.63, 3.8) is 0 Å². The minimum atomic E-state index is -1.36. The van der Waals surface area contributed by atoms with Gasteiger partial charge in [-0.05, 0) is 19.1 Å². The van der Waals surface area contributed by atoms with Crippen LogP contribution in [-0.4, -0.2) is 29.8 Å². The maximum absolute atomic E-state index is 11.7. The Bertz CT molecular complexity index is 392. The SMILES string of the molecule is Cc1ccc(S(=O)NCC(=O)NCCN)cc1. The van der Waals surface area contributed by atoms with E-state index in [2.05, 4.69) is 10.0 Å². The molecule has 1 aromatic rings. The van der Waals surface area contributed by atoms with E-state index in [4.69, 9.17) is 5.73 Å². The lowest BCUT2D eigenvalue weighted by Crippen LogP contribution is -2.37. The number of aryl methyl sites for hydroxylation is 1. The van der Waals surface area contributed by atoms with E-state index < -0.39 is 11.0 Å². The monoisotopic (exact) mass is 255 g/mol. The predicted molar refractivity (Wildman–Crippen MR) is 67.7 cm³/mol. The fourth-order valence-corrected chi connectivity index (χ4v) is 1.96. The van der Waals surface area contributed by atoms with E-state index in [0.717, 1.165) is 5.56 Å². The smallest absolute Gasteiger partial charge is 0.235 e. The van der Waals surface area contributed by atoms with Crippen LogP contribution >= 0.6 is 0 Å². The van der Waals surface area contributed by atoms with E-state index in [9.17, 15) is 9.00 Å². The van der Waals surface area contributed by atoms with Crippen molar-refractivity contribution < 1.29 is 9.00 Å². The van der Waals surface area contributed by atoms with Gasteiger partial charge >= 0.3 is 0 Å². The number of amides is 1. The number of nitrogens with two attached hydrogens (primary N) is 1. The van der Waals surface area contributed by atoms with Gasteiger partial charge in [-0.25, -0.2) is 8.93 Å². The average molecular weight is 255 g/mol. The van der Waals surface area contributed by atoms with Crippen molar-refractivity contribution in [2.45, 2.75) is 11.8 Å². The van der Waals surface area contributed by atoms with E-state index >= 15 is 0 Å². The van der Waals surface area contributed by atoms with Crippen molar-refractivity contribution in [2.75, 3.05) is 19.6 Å². The largest absolute Gasteiger partial charge is 0.354 e. The molecule has 1 amide bonds. The molecule has 17 heavy (non-hydrogen) atoms. The summed E-state index contributed by atoms with van der Waals surface area (Å²) in [6.45, 7) is 2.80. The molecule has 0 aliphatic heterocycles. The van der Waals surface area contributed by atoms with Crippen LogP contribution in [-0.2, 0) is 15.8 Å². The van der Waals surface area contributed by atoms with Gasteiger partial charge in [0, 0.05) is 13.1 Å². The number of hydrogen-bond donors (Lipinski definition) is 3. The maximum atomic E-state index is 11.7. The van der Waals surface area contributed by atoms with Crippen LogP contribution in [0.1, 0.15) is 5.56 Å². The highest BCUT2D eigenvalue weighted by Crippen LogP contribution is 2.05. The first kappa shape index (κ1) is 13.8. The topological polar surface area (TPSA) is 84.2 Å². The van der Waals surface area contributed by atoms with Gasteiger partial charge in [0.1, 0.15) is 11.0 Å². The van der Waals surface area contributed by atoms with Crippen LogP contribution in [0.25, 0.3) is 0 Å². The van der Waals surface area contributed by atoms with Gasteiger partial charge in [-0.1, -0.05) is 17.7 Å². The van der Waals surface area contributed by atoms with Crippen LogP contribution in [0, 0.1) is 6.92 Å². The van der Waals surface area contributed by atoms with Gasteiger partial charge in [-0.15, -0.1) is 0 Å². The zero-order valence-corrected chi connectivity index (χ0v) is 10.5. The van der Waals surface area contributed by atoms with Crippen molar-refractivity contribution in [3.05, 3.63) is 29.8 Å². The van der Waals surface area contributed by atoms with Gasteiger partial charge in [0.25, 0.3) is 0 Å². The summed E-state index contributed by atoms with van der Waals surface area (Å²) >= 11 is 0. The number of rotatable bonds is 6. The normalized spacial score (nSPS) is 12.1. The summed E-state index contributed by atoms with van der Waals surface area (Å²) in [4.78, 5) is 11.9. The molecule has 0 heterocycles. The lowest BCUT2D eigenvalue weighted by molar-refractivity contribution is -0.119. The van der Waals surface area contributed by atoms with Gasteiger partial charge < -0.3 is 11.1 Å². The van der Waals surface area contributed by atoms with Crippen LogP contribution in [0.15, 0.2) is 29.2 Å².